The van der Waals surface area contributed by atoms with Crippen LogP contribution >= 0.6 is 0 Å². The number of hydrogen-bond donors (Lipinski definition) is 2. The molecule has 0 saturated heterocycles. The topological polar surface area (TPSA) is 71.1 Å². The fraction of sp³-hybridized carbons (Fsp3) is 0.105. The standard InChI is InChI=1S/C19H18FN3O2S/c1-14-12-18(6-7-19(14)20)26(24,25)23-17-4-2-16(3-5-17)22-13-15-8-10-21-11-9-15/h2-12,22-23H,13H2,1H3. The average Bonchev–Trinajstić information content (AvgIpc) is 2.64. The van der Waals surface area contributed by atoms with Gasteiger partial charge >= 0.3 is 0 Å². The van der Waals surface area contributed by atoms with E-state index in [0.29, 0.717) is 12.2 Å². The summed E-state index contributed by atoms with van der Waals surface area (Å²) >= 11 is 0. The minimum absolute atomic E-state index is 0.0243. The molecular weight excluding hydrogens is 353 g/mol. The summed E-state index contributed by atoms with van der Waals surface area (Å²) in [7, 11) is -3.76. The van der Waals surface area contributed by atoms with Crippen molar-refractivity contribution in [3.8, 4) is 0 Å². The van der Waals surface area contributed by atoms with Gasteiger partial charge < -0.3 is 5.32 Å². The van der Waals surface area contributed by atoms with E-state index in [1.54, 1.807) is 36.7 Å². The highest BCUT2D eigenvalue weighted by molar-refractivity contribution is 7.92. The lowest BCUT2D eigenvalue weighted by molar-refractivity contribution is 0.598. The number of sulfonamides is 1. The quantitative estimate of drug-likeness (QED) is 0.688. The van der Waals surface area contributed by atoms with E-state index in [1.165, 1.54) is 19.1 Å². The van der Waals surface area contributed by atoms with Crippen molar-refractivity contribution in [1.82, 2.24) is 4.98 Å². The number of nitrogens with one attached hydrogen (secondary N) is 2. The van der Waals surface area contributed by atoms with Gasteiger partial charge in [0.15, 0.2) is 0 Å². The SMILES string of the molecule is Cc1cc(S(=O)(=O)Nc2ccc(NCc3ccncc3)cc2)ccc1F. The van der Waals surface area contributed by atoms with Crippen LogP contribution in [0.15, 0.2) is 71.9 Å². The van der Waals surface area contributed by atoms with Crippen LogP contribution in [0.3, 0.4) is 0 Å². The Hall–Kier alpha value is -2.93. The molecule has 2 aromatic carbocycles. The van der Waals surface area contributed by atoms with Gasteiger partial charge in [0, 0.05) is 30.3 Å². The third-order valence-corrected chi connectivity index (χ3v) is 5.20. The molecule has 1 heterocycles. The Balaban J connectivity index is 1.67. The van der Waals surface area contributed by atoms with Gasteiger partial charge in [0.2, 0.25) is 0 Å². The number of aryl methyl sites for hydroxylation is 1. The number of nitrogens with zero attached hydrogens (tertiary/aromatic N) is 1. The Labute approximate surface area is 152 Å². The van der Waals surface area contributed by atoms with Gasteiger partial charge in [0.25, 0.3) is 10.0 Å². The molecule has 26 heavy (non-hydrogen) atoms. The molecule has 0 spiro atoms. The number of halogens is 1. The van der Waals surface area contributed by atoms with E-state index in [-0.39, 0.29) is 10.5 Å². The van der Waals surface area contributed by atoms with Crippen molar-refractivity contribution < 1.29 is 12.8 Å². The van der Waals surface area contributed by atoms with E-state index in [4.69, 9.17) is 0 Å². The Morgan fingerprint density at radius 1 is 0.962 bits per heavy atom. The van der Waals surface area contributed by atoms with Gasteiger partial charge in [-0.1, -0.05) is 0 Å². The van der Waals surface area contributed by atoms with Crippen LogP contribution in [0.4, 0.5) is 15.8 Å². The van der Waals surface area contributed by atoms with Crippen molar-refractivity contribution in [2.75, 3.05) is 10.0 Å². The highest BCUT2D eigenvalue weighted by Crippen LogP contribution is 2.20. The summed E-state index contributed by atoms with van der Waals surface area (Å²) in [5, 5.41) is 3.25. The van der Waals surface area contributed by atoms with Crippen molar-refractivity contribution in [2.24, 2.45) is 0 Å². The van der Waals surface area contributed by atoms with Gasteiger partial charge in [0.1, 0.15) is 5.82 Å². The van der Waals surface area contributed by atoms with Gasteiger partial charge in [-0.15, -0.1) is 0 Å². The monoisotopic (exact) mass is 371 g/mol. The molecule has 3 rings (SSSR count). The first-order valence-corrected chi connectivity index (χ1v) is 9.44. The first kappa shape index (κ1) is 17.9. The van der Waals surface area contributed by atoms with Crippen LogP contribution in [-0.2, 0) is 16.6 Å². The summed E-state index contributed by atoms with van der Waals surface area (Å²) in [6.07, 6.45) is 3.46. The Bertz CT molecular complexity index is 991. The molecule has 1 aromatic heterocycles. The molecule has 0 amide bonds. The van der Waals surface area contributed by atoms with Crippen molar-refractivity contribution in [2.45, 2.75) is 18.4 Å². The summed E-state index contributed by atoms with van der Waals surface area (Å²) in [6, 6.07) is 14.4. The second-order valence-corrected chi connectivity index (χ2v) is 7.49. The zero-order chi connectivity index (χ0) is 18.6. The molecule has 0 aliphatic rings. The number of pyridine rings is 1. The van der Waals surface area contributed by atoms with Crippen LogP contribution < -0.4 is 10.0 Å². The number of benzene rings is 2. The Morgan fingerprint density at radius 3 is 2.27 bits per heavy atom. The zero-order valence-electron chi connectivity index (χ0n) is 14.1. The fourth-order valence-electron chi connectivity index (χ4n) is 2.36. The van der Waals surface area contributed by atoms with Gasteiger partial charge in [-0.25, -0.2) is 12.8 Å². The first-order chi connectivity index (χ1) is 12.4. The summed E-state index contributed by atoms with van der Waals surface area (Å²) in [6.45, 7) is 2.17. The summed E-state index contributed by atoms with van der Waals surface area (Å²) < 4.78 is 40.6. The second kappa shape index (κ2) is 7.53. The van der Waals surface area contributed by atoms with Gasteiger partial charge in [0.05, 0.1) is 4.90 Å². The molecule has 0 saturated carbocycles. The molecule has 0 aliphatic carbocycles. The van der Waals surface area contributed by atoms with Crippen LogP contribution in [0.25, 0.3) is 0 Å². The third kappa shape index (κ3) is 4.37. The maximum absolute atomic E-state index is 13.3. The second-order valence-electron chi connectivity index (χ2n) is 5.80. The number of aromatic nitrogens is 1. The van der Waals surface area contributed by atoms with E-state index in [0.717, 1.165) is 17.3 Å². The maximum atomic E-state index is 13.3. The minimum Gasteiger partial charge on any atom is -0.381 e. The van der Waals surface area contributed by atoms with Crippen LogP contribution in [0.1, 0.15) is 11.1 Å². The van der Waals surface area contributed by atoms with Gasteiger partial charge in [-0.05, 0) is 72.6 Å². The molecule has 0 unspecified atom stereocenters. The van der Waals surface area contributed by atoms with Crippen molar-refractivity contribution in [3.63, 3.8) is 0 Å². The average molecular weight is 371 g/mol. The molecule has 0 aliphatic heterocycles. The van der Waals surface area contributed by atoms with E-state index in [2.05, 4.69) is 15.0 Å². The Morgan fingerprint density at radius 2 is 1.62 bits per heavy atom. The zero-order valence-corrected chi connectivity index (χ0v) is 14.9. The highest BCUT2D eigenvalue weighted by atomic mass is 32.2. The molecule has 0 radical (unpaired) electrons. The maximum Gasteiger partial charge on any atom is 0.261 e. The van der Waals surface area contributed by atoms with Gasteiger partial charge in [-0.3, -0.25) is 9.71 Å². The van der Waals surface area contributed by atoms with E-state index in [9.17, 15) is 12.8 Å². The molecular formula is C19H18FN3O2S. The minimum atomic E-state index is -3.76. The first-order valence-electron chi connectivity index (χ1n) is 7.96. The lowest BCUT2D eigenvalue weighted by Crippen LogP contribution is -2.13. The summed E-state index contributed by atoms with van der Waals surface area (Å²) in [5.41, 5.74) is 2.67. The van der Waals surface area contributed by atoms with Gasteiger partial charge in [-0.2, -0.15) is 0 Å². The Kier molecular flexibility index (Phi) is 5.18. The highest BCUT2D eigenvalue weighted by Gasteiger charge is 2.15. The van der Waals surface area contributed by atoms with Crippen LogP contribution in [0.2, 0.25) is 0 Å². The largest absolute Gasteiger partial charge is 0.381 e. The fourth-order valence-corrected chi connectivity index (χ4v) is 3.50. The predicted octanol–water partition coefficient (Wildman–Crippen LogP) is 3.94. The smallest absolute Gasteiger partial charge is 0.261 e. The molecule has 2 N–H and O–H groups in total. The molecule has 5 nitrogen and oxygen atoms in total. The molecule has 3 aromatic rings. The number of hydrogen-bond acceptors (Lipinski definition) is 4. The van der Waals surface area contributed by atoms with Crippen LogP contribution in [0, 0.1) is 12.7 Å². The van der Waals surface area contributed by atoms with Crippen LogP contribution in [-0.4, -0.2) is 13.4 Å². The number of anilines is 2. The molecule has 0 fully saturated rings. The molecule has 0 bridgehead atoms. The molecule has 7 heteroatoms. The summed E-state index contributed by atoms with van der Waals surface area (Å²) in [4.78, 5) is 3.99. The lowest BCUT2D eigenvalue weighted by atomic mass is 10.2. The van der Waals surface area contributed by atoms with Crippen molar-refractivity contribution >= 4 is 21.4 Å². The predicted molar refractivity (Wildman–Crippen MR) is 100.0 cm³/mol. The third-order valence-electron chi connectivity index (χ3n) is 3.82. The van der Waals surface area contributed by atoms with Crippen molar-refractivity contribution in [3.05, 3.63) is 83.9 Å². The molecule has 0 atom stereocenters. The molecule has 134 valence electrons. The number of rotatable bonds is 6. The van der Waals surface area contributed by atoms with E-state index in [1.807, 2.05) is 12.1 Å². The van der Waals surface area contributed by atoms with E-state index < -0.39 is 15.8 Å². The van der Waals surface area contributed by atoms with Crippen LogP contribution in [0.5, 0.6) is 0 Å². The van der Waals surface area contributed by atoms with Crippen molar-refractivity contribution in [1.29, 1.82) is 0 Å². The summed E-state index contributed by atoms with van der Waals surface area (Å²) in [5.74, 6) is -0.437. The van der Waals surface area contributed by atoms with E-state index >= 15 is 0 Å². The normalized spacial score (nSPS) is 11.2. The lowest BCUT2D eigenvalue weighted by Gasteiger charge is -2.11.